The Morgan fingerprint density at radius 1 is 1.10 bits per heavy atom. The molecule has 0 aromatic heterocycles. The summed E-state index contributed by atoms with van der Waals surface area (Å²) < 4.78 is 9.96. The Morgan fingerprint density at radius 2 is 1.87 bits per heavy atom. The van der Waals surface area contributed by atoms with E-state index in [1.807, 2.05) is 30.3 Å². The second-order valence-corrected chi connectivity index (χ2v) is 7.23. The van der Waals surface area contributed by atoms with E-state index in [1.54, 1.807) is 17.0 Å². The fourth-order valence-electron chi connectivity index (χ4n) is 3.57. The molecule has 1 aliphatic rings. The first-order valence-corrected chi connectivity index (χ1v) is 9.90. The SMILES string of the molecule is COC(=O)c1cc(OC)ccc1NC(=O)C1CCCN(C(=O)Cc2ccccc2)C1. The van der Waals surface area contributed by atoms with E-state index in [9.17, 15) is 14.4 Å². The topological polar surface area (TPSA) is 84.9 Å². The molecule has 0 spiro atoms. The highest BCUT2D eigenvalue weighted by Gasteiger charge is 2.29. The van der Waals surface area contributed by atoms with Crippen molar-refractivity contribution < 1.29 is 23.9 Å². The number of hydrogen-bond acceptors (Lipinski definition) is 5. The molecule has 7 heteroatoms. The Kier molecular flexibility index (Phi) is 7.06. The largest absolute Gasteiger partial charge is 0.497 e. The number of amides is 2. The first-order chi connectivity index (χ1) is 14.5. The van der Waals surface area contributed by atoms with Gasteiger partial charge in [0.1, 0.15) is 5.75 Å². The highest BCUT2D eigenvalue weighted by molar-refractivity contribution is 6.02. The Bertz CT molecular complexity index is 913. The number of carbonyl (C=O) groups is 3. The fraction of sp³-hybridized carbons (Fsp3) is 0.348. The summed E-state index contributed by atoms with van der Waals surface area (Å²) in [5.74, 6) is -0.622. The van der Waals surface area contributed by atoms with Gasteiger partial charge in [-0.05, 0) is 36.6 Å². The predicted octanol–water partition coefficient (Wildman–Crippen LogP) is 2.90. The number of nitrogens with one attached hydrogen (secondary N) is 1. The Morgan fingerprint density at radius 3 is 2.57 bits per heavy atom. The molecule has 1 unspecified atom stereocenters. The smallest absolute Gasteiger partial charge is 0.340 e. The molecule has 30 heavy (non-hydrogen) atoms. The standard InChI is InChI=1S/C23H26N2O5/c1-29-18-10-11-20(19(14-18)23(28)30-2)24-22(27)17-9-6-12-25(15-17)21(26)13-16-7-4-3-5-8-16/h3-5,7-8,10-11,14,17H,6,9,12-13,15H2,1-2H3,(H,24,27). The van der Waals surface area contributed by atoms with Crippen molar-refractivity contribution in [2.45, 2.75) is 19.3 Å². The van der Waals surface area contributed by atoms with Crippen LogP contribution in [0.5, 0.6) is 5.75 Å². The van der Waals surface area contributed by atoms with E-state index in [2.05, 4.69) is 5.32 Å². The summed E-state index contributed by atoms with van der Waals surface area (Å²) in [5.41, 5.74) is 1.54. The third-order valence-electron chi connectivity index (χ3n) is 5.23. The summed E-state index contributed by atoms with van der Waals surface area (Å²) in [5, 5.41) is 2.82. The van der Waals surface area contributed by atoms with Crippen LogP contribution in [0.1, 0.15) is 28.8 Å². The van der Waals surface area contributed by atoms with E-state index < -0.39 is 5.97 Å². The molecule has 0 bridgehead atoms. The maximum atomic E-state index is 12.9. The Hall–Kier alpha value is -3.35. The molecule has 1 saturated heterocycles. The van der Waals surface area contributed by atoms with Gasteiger partial charge in [-0.25, -0.2) is 4.79 Å². The van der Waals surface area contributed by atoms with Crippen molar-refractivity contribution in [3.8, 4) is 5.75 Å². The van der Waals surface area contributed by atoms with Crippen molar-refractivity contribution in [3.05, 3.63) is 59.7 Å². The molecule has 1 fully saturated rings. The third kappa shape index (κ3) is 5.17. The zero-order valence-electron chi connectivity index (χ0n) is 17.2. The zero-order valence-corrected chi connectivity index (χ0v) is 17.2. The van der Waals surface area contributed by atoms with Gasteiger partial charge in [0.05, 0.1) is 37.8 Å². The number of hydrogen-bond donors (Lipinski definition) is 1. The Labute approximate surface area is 176 Å². The number of rotatable bonds is 6. The van der Waals surface area contributed by atoms with Crippen LogP contribution in [0.2, 0.25) is 0 Å². The van der Waals surface area contributed by atoms with Crippen LogP contribution < -0.4 is 10.1 Å². The monoisotopic (exact) mass is 410 g/mol. The lowest BCUT2D eigenvalue weighted by molar-refractivity contribution is -0.133. The number of piperidine rings is 1. The first kappa shape index (κ1) is 21.4. The molecule has 7 nitrogen and oxygen atoms in total. The number of esters is 1. The van der Waals surface area contributed by atoms with Crippen LogP contribution in [0.15, 0.2) is 48.5 Å². The van der Waals surface area contributed by atoms with Gasteiger partial charge < -0.3 is 19.7 Å². The van der Waals surface area contributed by atoms with Crippen LogP contribution in [-0.4, -0.2) is 50.0 Å². The maximum absolute atomic E-state index is 12.9. The average molecular weight is 410 g/mol. The number of ether oxygens (including phenoxy) is 2. The molecule has 2 aromatic rings. The number of methoxy groups -OCH3 is 2. The minimum Gasteiger partial charge on any atom is -0.497 e. The Balaban J connectivity index is 1.67. The van der Waals surface area contributed by atoms with E-state index in [4.69, 9.17) is 9.47 Å². The van der Waals surface area contributed by atoms with E-state index in [0.29, 0.717) is 37.4 Å². The summed E-state index contributed by atoms with van der Waals surface area (Å²) in [6.45, 7) is 1.01. The molecular weight excluding hydrogens is 384 g/mol. The third-order valence-corrected chi connectivity index (χ3v) is 5.23. The number of anilines is 1. The van der Waals surface area contributed by atoms with Crippen LogP contribution in [0.3, 0.4) is 0 Å². The van der Waals surface area contributed by atoms with Gasteiger partial charge >= 0.3 is 5.97 Å². The van der Waals surface area contributed by atoms with Crippen molar-refractivity contribution in [1.29, 1.82) is 0 Å². The van der Waals surface area contributed by atoms with Gasteiger partial charge in [-0.1, -0.05) is 30.3 Å². The summed E-state index contributed by atoms with van der Waals surface area (Å²) in [6.07, 6.45) is 1.76. The minimum absolute atomic E-state index is 0.0124. The fourth-order valence-corrected chi connectivity index (χ4v) is 3.57. The quantitative estimate of drug-likeness (QED) is 0.740. The van der Waals surface area contributed by atoms with Crippen molar-refractivity contribution in [3.63, 3.8) is 0 Å². The normalized spacial score (nSPS) is 15.9. The van der Waals surface area contributed by atoms with Gasteiger partial charge in [0.15, 0.2) is 0 Å². The van der Waals surface area contributed by atoms with Gasteiger partial charge in [-0.3, -0.25) is 9.59 Å². The van der Waals surface area contributed by atoms with Crippen LogP contribution in [-0.2, 0) is 20.7 Å². The van der Waals surface area contributed by atoms with Crippen molar-refractivity contribution in [2.75, 3.05) is 32.6 Å². The van der Waals surface area contributed by atoms with Crippen molar-refractivity contribution in [1.82, 2.24) is 4.90 Å². The molecule has 1 aliphatic heterocycles. The summed E-state index contributed by atoms with van der Waals surface area (Å²) in [7, 11) is 2.78. The average Bonchev–Trinajstić information content (AvgIpc) is 2.79. The zero-order chi connectivity index (χ0) is 21.5. The first-order valence-electron chi connectivity index (χ1n) is 9.90. The predicted molar refractivity (Wildman–Crippen MR) is 112 cm³/mol. The molecule has 2 amide bonds. The maximum Gasteiger partial charge on any atom is 0.340 e. The number of nitrogens with zero attached hydrogens (tertiary/aromatic N) is 1. The van der Waals surface area contributed by atoms with Gasteiger partial charge in [0.2, 0.25) is 11.8 Å². The highest BCUT2D eigenvalue weighted by Crippen LogP contribution is 2.25. The lowest BCUT2D eigenvalue weighted by atomic mass is 9.96. The molecule has 0 saturated carbocycles. The van der Waals surface area contributed by atoms with Gasteiger partial charge in [0.25, 0.3) is 0 Å². The van der Waals surface area contributed by atoms with Crippen LogP contribution >= 0.6 is 0 Å². The molecule has 3 rings (SSSR count). The lowest BCUT2D eigenvalue weighted by Crippen LogP contribution is -2.44. The highest BCUT2D eigenvalue weighted by atomic mass is 16.5. The minimum atomic E-state index is -0.562. The van der Waals surface area contributed by atoms with Crippen LogP contribution in [0.4, 0.5) is 5.69 Å². The van der Waals surface area contributed by atoms with Crippen LogP contribution in [0, 0.1) is 5.92 Å². The molecule has 1 atom stereocenters. The molecule has 1 heterocycles. The van der Waals surface area contributed by atoms with E-state index in [-0.39, 0.29) is 23.3 Å². The summed E-state index contributed by atoms with van der Waals surface area (Å²) >= 11 is 0. The van der Waals surface area contributed by atoms with Gasteiger partial charge in [0, 0.05) is 13.1 Å². The molecule has 0 aliphatic carbocycles. The number of benzene rings is 2. The second kappa shape index (κ2) is 9.91. The summed E-state index contributed by atoms with van der Waals surface area (Å²) in [4.78, 5) is 39.4. The number of likely N-dealkylation sites (tertiary alicyclic amines) is 1. The molecule has 158 valence electrons. The lowest BCUT2D eigenvalue weighted by Gasteiger charge is -2.32. The van der Waals surface area contributed by atoms with Crippen molar-refractivity contribution in [2.24, 2.45) is 5.92 Å². The molecule has 0 radical (unpaired) electrons. The van der Waals surface area contributed by atoms with Gasteiger partial charge in [-0.15, -0.1) is 0 Å². The summed E-state index contributed by atoms with van der Waals surface area (Å²) in [6, 6.07) is 14.4. The van der Waals surface area contributed by atoms with E-state index in [0.717, 1.165) is 12.0 Å². The molecule has 2 aromatic carbocycles. The van der Waals surface area contributed by atoms with Gasteiger partial charge in [-0.2, -0.15) is 0 Å². The second-order valence-electron chi connectivity index (χ2n) is 7.23. The number of carbonyl (C=O) groups excluding carboxylic acids is 3. The molecular formula is C23H26N2O5. The van der Waals surface area contributed by atoms with Crippen LogP contribution in [0.25, 0.3) is 0 Å². The van der Waals surface area contributed by atoms with E-state index in [1.165, 1.54) is 20.3 Å². The molecule has 1 N–H and O–H groups in total. The van der Waals surface area contributed by atoms with E-state index >= 15 is 0 Å². The van der Waals surface area contributed by atoms with Crippen molar-refractivity contribution >= 4 is 23.5 Å².